The largest absolute Gasteiger partial charge is 0.366 e. The van der Waals surface area contributed by atoms with Gasteiger partial charge in [0, 0.05) is 13.6 Å². The molecule has 0 bridgehead atoms. The Morgan fingerprint density at radius 1 is 1.60 bits per heavy atom. The van der Waals surface area contributed by atoms with Crippen molar-refractivity contribution >= 4 is 5.84 Å². The SMILES string of the molecule is CN1CCOC(C)(C)C1=N. The maximum Gasteiger partial charge on any atom is 0.128 e. The highest BCUT2D eigenvalue weighted by Gasteiger charge is 2.30. The van der Waals surface area contributed by atoms with Crippen molar-refractivity contribution in [2.24, 2.45) is 0 Å². The first-order valence-corrected chi connectivity index (χ1v) is 3.48. The van der Waals surface area contributed by atoms with Crippen LogP contribution in [-0.4, -0.2) is 36.5 Å². The molecule has 1 aliphatic rings. The van der Waals surface area contributed by atoms with Crippen LogP contribution in [0.25, 0.3) is 0 Å². The molecule has 0 aromatic heterocycles. The van der Waals surface area contributed by atoms with Gasteiger partial charge >= 0.3 is 0 Å². The zero-order chi connectivity index (χ0) is 7.78. The monoisotopic (exact) mass is 142 g/mol. The summed E-state index contributed by atoms with van der Waals surface area (Å²) in [4.78, 5) is 1.92. The van der Waals surface area contributed by atoms with E-state index in [0.717, 1.165) is 13.2 Å². The maximum absolute atomic E-state index is 7.60. The Morgan fingerprint density at radius 2 is 2.20 bits per heavy atom. The fraction of sp³-hybridized carbons (Fsp3) is 0.857. The number of rotatable bonds is 0. The summed E-state index contributed by atoms with van der Waals surface area (Å²) < 4.78 is 5.38. The molecule has 0 amide bonds. The second-order valence-electron chi connectivity index (χ2n) is 3.13. The molecule has 1 saturated heterocycles. The van der Waals surface area contributed by atoms with E-state index in [4.69, 9.17) is 10.1 Å². The molecule has 0 saturated carbocycles. The third-order valence-corrected chi connectivity index (χ3v) is 1.84. The minimum Gasteiger partial charge on any atom is -0.366 e. The van der Waals surface area contributed by atoms with E-state index in [0.29, 0.717) is 5.84 Å². The molecule has 1 N–H and O–H groups in total. The van der Waals surface area contributed by atoms with Gasteiger partial charge in [0.05, 0.1) is 6.61 Å². The molecule has 3 nitrogen and oxygen atoms in total. The summed E-state index contributed by atoms with van der Waals surface area (Å²) >= 11 is 0. The summed E-state index contributed by atoms with van der Waals surface area (Å²) in [5.74, 6) is 0.568. The average Bonchev–Trinajstić information content (AvgIpc) is 1.83. The van der Waals surface area contributed by atoms with E-state index in [1.54, 1.807) is 0 Å². The Hall–Kier alpha value is -0.570. The van der Waals surface area contributed by atoms with E-state index in [2.05, 4.69) is 0 Å². The molecule has 58 valence electrons. The Bertz CT molecular complexity index is 154. The van der Waals surface area contributed by atoms with Crippen molar-refractivity contribution in [3.8, 4) is 0 Å². The highest BCUT2D eigenvalue weighted by Crippen LogP contribution is 2.16. The summed E-state index contributed by atoms with van der Waals surface area (Å²) in [5, 5.41) is 7.60. The van der Waals surface area contributed by atoms with Gasteiger partial charge in [0.1, 0.15) is 11.4 Å². The number of ether oxygens (including phenoxy) is 1. The molecule has 1 heterocycles. The Kier molecular flexibility index (Phi) is 1.68. The summed E-state index contributed by atoms with van der Waals surface area (Å²) in [6, 6.07) is 0. The van der Waals surface area contributed by atoms with Crippen LogP contribution in [0.15, 0.2) is 0 Å². The first kappa shape index (κ1) is 7.54. The van der Waals surface area contributed by atoms with Crippen molar-refractivity contribution < 1.29 is 4.74 Å². The van der Waals surface area contributed by atoms with Gasteiger partial charge in [0.2, 0.25) is 0 Å². The molecule has 0 atom stereocenters. The summed E-state index contributed by atoms with van der Waals surface area (Å²) in [7, 11) is 1.92. The van der Waals surface area contributed by atoms with Gasteiger partial charge in [-0.3, -0.25) is 5.41 Å². The number of hydrogen-bond donors (Lipinski definition) is 1. The van der Waals surface area contributed by atoms with Crippen LogP contribution in [0.1, 0.15) is 13.8 Å². The predicted octanol–water partition coefficient (Wildman–Crippen LogP) is 0.704. The summed E-state index contributed by atoms with van der Waals surface area (Å²) in [6.45, 7) is 5.41. The third kappa shape index (κ3) is 1.14. The molecule has 1 aliphatic heterocycles. The normalized spacial score (nSPS) is 25.1. The average molecular weight is 142 g/mol. The van der Waals surface area contributed by atoms with Crippen LogP contribution in [0.3, 0.4) is 0 Å². The van der Waals surface area contributed by atoms with Crippen molar-refractivity contribution in [3.63, 3.8) is 0 Å². The lowest BCUT2D eigenvalue weighted by atomic mass is 10.1. The fourth-order valence-electron chi connectivity index (χ4n) is 1.08. The third-order valence-electron chi connectivity index (χ3n) is 1.84. The molecular formula is C7H14N2O. The van der Waals surface area contributed by atoms with Crippen molar-refractivity contribution in [3.05, 3.63) is 0 Å². The van der Waals surface area contributed by atoms with Crippen LogP contribution in [0.2, 0.25) is 0 Å². The minimum atomic E-state index is -0.382. The van der Waals surface area contributed by atoms with Gasteiger partial charge in [0.15, 0.2) is 0 Å². The van der Waals surface area contributed by atoms with Crippen LogP contribution in [0.4, 0.5) is 0 Å². The maximum atomic E-state index is 7.60. The van der Waals surface area contributed by atoms with E-state index in [1.165, 1.54) is 0 Å². The van der Waals surface area contributed by atoms with Crippen molar-refractivity contribution in [2.75, 3.05) is 20.2 Å². The van der Waals surface area contributed by atoms with Gasteiger partial charge in [-0.05, 0) is 13.8 Å². The molecule has 1 rings (SSSR count). The van der Waals surface area contributed by atoms with Crippen LogP contribution < -0.4 is 0 Å². The highest BCUT2D eigenvalue weighted by atomic mass is 16.5. The van der Waals surface area contributed by atoms with Gasteiger partial charge in [-0.1, -0.05) is 0 Å². The van der Waals surface area contributed by atoms with Gasteiger partial charge in [-0.2, -0.15) is 0 Å². The van der Waals surface area contributed by atoms with Crippen LogP contribution in [0, 0.1) is 5.41 Å². The second-order valence-corrected chi connectivity index (χ2v) is 3.13. The highest BCUT2D eigenvalue weighted by molar-refractivity contribution is 5.87. The van der Waals surface area contributed by atoms with Gasteiger partial charge in [0.25, 0.3) is 0 Å². The standard InChI is InChI=1S/C7H14N2O/c1-7(2)6(8)9(3)4-5-10-7/h8H,4-5H2,1-3H3. The minimum absolute atomic E-state index is 0.382. The lowest BCUT2D eigenvalue weighted by molar-refractivity contribution is -0.00251. The number of morpholine rings is 1. The van der Waals surface area contributed by atoms with Crippen molar-refractivity contribution in [1.29, 1.82) is 5.41 Å². The lowest BCUT2D eigenvalue weighted by Crippen LogP contribution is -2.51. The number of amidine groups is 1. The van der Waals surface area contributed by atoms with E-state index in [-0.39, 0.29) is 5.60 Å². The van der Waals surface area contributed by atoms with Gasteiger partial charge < -0.3 is 9.64 Å². The molecule has 0 spiro atoms. The summed E-state index contributed by atoms with van der Waals surface area (Å²) in [6.07, 6.45) is 0. The van der Waals surface area contributed by atoms with E-state index in [1.807, 2.05) is 25.8 Å². The van der Waals surface area contributed by atoms with Crippen LogP contribution in [-0.2, 0) is 4.74 Å². The fourth-order valence-corrected chi connectivity index (χ4v) is 1.08. The molecular weight excluding hydrogens is 128 g/mol. The van der Waals surface area contributed by atoms with Crippen LogP contribution >= 0.6 is 0 Å². The first-order valence-electron chi connectivity index (χ1n) is 3.48. The smallest absolute Gasteiger partial charge is 0.128 e. The number of nitrogens with zero attached hydrogens (tertiary/aromatic N) is 1. The molecule has 0 aromatic carbocycles. The van der Waals surface area contributed by atoms with E-state index in [9.17, 15) is 0 Å². The van der Waals surface area contributed by atoms with Crippen molar-refractivity contribution in [2.45, 2.75) is 19.4 Å². The van der Waals surface area contributed by atoms with Gasteiger partial charge in [-0.25, -0.2) is 0 Å². The number of nitrogens with one attached hydrogen (secondary N) is 1. The van der Waals surface area contributed by atoms with Crippen molar-refractivity contribution in [1.82, 2.24) is 4.90 Å². The summed E-state index contributed by atoms with van der Waals surface area (Å²) in [5.41, 5.74) is -0.382. The lowest BCUT2D eigenvalue weighted by Gasteiger charge is -2.37. The number of likely N-dealkylation sites (N-methyl/N-ethyl adjacent to an activating group) is 1. The molecule has 1 fully saturated rings. The Balaban J connectivity index is 2.70. The van der Waals surface area contributed by atoms with Crippen LogP contribution in [0.5, 0.6) is 0 Å². The number of hydrogen-bond acceptors (Lipinski definition) is 2. The zero-order valence-corrected chi connectivity index (χ0v) is 6.77. The Morgan fingerprint density at radius 3 is 2.60 bits per heavy atom. The second kappa shape index (κ2) is 2.23. The molecule has 0 unspecified atom stereocenters. The predicted molar refractivity (Wildman–Crippen MR) is 40.4 cm³/mol. The van der Waals surface area contributed by atoms with E-state index < -0.39 is 0 Å². The molecule has 3 heteroatoms. The quantitative estimate of drug-likeness (QED) is 0.540. The first-order chi connectivity index (χ1) is 4.54. The molecule has 0 aliphatic carbocycles. The molecule has 0 aromatic rings. The molecule has 10 heavy (non-hydrogen) atoms. The van der Waals surface area contributed by atoms with Gasteiger partial charge in [-0.15, -0.1) is 0 Å². The zero-order valence-electron chi connectivity index (χ0n) is 6.77. The molecule has 0 radical (unpaired) electrons. The van der Waals surface area contributed by atoms with E-state index >= 15 is 0 Å². The topological polar surface area (TPSA) is 36.3 Å². The Labute approximate surface area is 61.5 Å².